The molecule has 0 bridgehead atoms. The van der Waals surface area contributed by atoms with Gasteiger partial charge in [0.2, 0.25) is 5.70 Å². The number of ketones is 1. The number of fused-ring (bicyclic) bond motifs is 3. The molecule has 0 saturated carbocycles. The molecular weight excluding hydrogens is 479 g/mol. The number of aromatic nitrogens is 5. The second-order valence-electron chi connectivity index (χ2n) is 10.1. The molecule has 6 rings (SSSR count). The van der Waals surface area contributed by atoms with E-state index in [2.05, 4.69) is 26.7 Å². The minimum atomic E-state index is -0.613. The zero-order chi connectivity index (χ0) is 26.4. The van der Waals surface area contributed by atoms with Gasteiger partial charge in [-0.15, -0.1) is 0 Å². The van der Waals surface area contributed by atoms with Crippen LogP contribution in [0.4, 0.5) is 4.39 Å². The van der Waals surface area contributed by atoms with Crippen molar-refractivity contribution in [3.63, 3.8) is 0 Å². The summed E-state index contributed by atoms with van der Waals surface area (Å²) in [6, 6.07) is 13.4. The molecule has 3 aromatic heterocycles. The number of alkyl halides is 1. The van der Waals surface area contributed by atoms with E-state index in [1.54, 1.807) is 18.5 Å². The summed E-state index contributed by atoms with van der Waals surface area (Å²) in [6.07, 6.45) is 8.27. The highest BCUT2D eigenvalue weighted by Crippen LogP contribution is 2.52. The molecule has 0 N–H and O–H groups in total. The van der Waals surface area contributed by atoms with Crippen molar-refractivity contribution < 1.29 is 9.18 Å². The number of Topliss-reactive ketones (excluding diaryl/α,β-unsaturated/α-hetero) is 1. The van der Waals surface area contributed by atoms with Crippen LogP contribution in [0.5, 0.6) is 0 Å². The number of nitrogens with zero attached hydrogens (tertiary/aromatic N) is 6. The second kappa shape index (κ2) is 9.10. The van der Waals surface area contributed by atoms with Gasteiger partial charge in [-0.25, -0.2) is 23.9 Å². The highest BCUT2D eigenvalue weighted by molar-refractivity contribution is 6.00. The van der Waals surface area contributed by atoms with E-state index in [4.69, 9.17) is 11.7 Å². The Hall–Kier alpha value is -4.51. The van der Waals surface area contributed by atoms with Crippen molar-refractivity contribution in [1.82, 2.24) is 24.7 Å². The fourth-order valence-corrected chi connectivity index (χ4v) is 6.17. The highest BCUT2D eigenvalue weighted by atomic mass is 19.1. The molecule has 8 heteroatoms. The van der Waals surface area contributed by atoms with Crippen molar-refractivity contribution in [2.75, 3.05) is 0 Å². The fraction of sp³-hybridized carbons (Fsp3) is 0.267. The van der Waals surface area contributed by atoms with E-state index < -0.39 is 12.1 Å². The molecule has 0 saturated heterocycles. The first-order valence-electron chi connectivity index (χ1n) is 12.6. The van der Waals surface area contributed by atoms with Crippen LogP contribution in [0.3, 0.4) is 0 Å². The van der Waals surface area contributed by atoms with Crippen LogP contribution in [-0.2, 0) is 23.3 Å². The standard InChI is InChI=1S/C30H25FN6O/c1-18-24-9-8-23-27(25-11-12-33-17-35-25)36-37(29(23)30(24,2)15-26(32-3)28(18)38)22-6-4-19(5-7-22)20-10-13-34-21(14-20)16-31/h4-7,10-15,17-18,24H,8-9,16H2,1-2H3/t18-,24-,30-/m1/s1. The van der Waals surface area contributed by atoms with E-state index >= 15 is 0 Å². The number of carbonyl (C=O) groups excluding carboxylic acids is 1. The number of halogens is 1. The van der Waals surface area contributed by atoms with Crippen LogP contribution in [0.15, 0.2) is 73.0 Å². The minimum absolute atomic E-state index is 0.0527. The van der Waals surface area contributed by atoms with Gasteiger partial charge in [-0.05, 0) is 60.2 Å². The first-order valence-corrected chi connectivity index (χ1v) is 12.6. The quantitative estimate of drug-likeness (QED) is 0.333. The van der Waals surface area contributed by atoms with Crippen molar-refractivity contribution in [1.29, 1.82) is 0 Å². The third kappa shape index (κ3) is 3.66. The Balaban J connectivity index is 1.54. The smallest absolute Gasteiger partial charge is 0.226 e. The van der Waals surface area contributed by atoms with E-state index in [1.165, 1.54) is 6.33 Å². The molecule has 2 aliphatic carbocycles. The maximum Gasteiger partial charge on any atom is 0.226 e. The number of benzene rings is 1. The van der Waals surface area contributed by atoms with E-state index in [-0.39, 0.29) is 23.3 Å². The predicted octanol–water partition coefficient (Wildman–Crippen LogP) is 5.70. The topological polar surface area (TPSA) is 77.9 Å². The number of hydrogen-bond donors (Lipinski definition) is 0. The van der Waals surface area contributed by atoms with Crippen molar-refractivity contribution in [3.05, 3.63) is 101 Å². The Kier molecular flexibility index (Phi) is 5.72. The summed E-state index contributed by atoms with van der Waals surface area (Å²) in [5.74, 6) is -0.286. The van der Waals surface area contributed by atoms with Crippen molar-refractivity contribution in [3.8, 4) is 28.2 Å². The number of hydrogen-bond acceptors (Lipinski definition) is 5. The molecule has 3 heterocycles. The molecule has 7 nitrogen and oxygen atoms in total. The average molecular weight is 505 g/mol. The zero-order valence-electron chi connectivity index (χ0n) is 21.1. The van der Waals surface area contributed by atoms with Crippen LogP contribution in [-0.4, -0.2) is 30.5 Å². The van der Waals surface area contributed by atoms with Gasteiger partial charge in [-0.3, -0.25) is 4.98 Å². The van der Waals surface area contributed by atoms with Gasteiger partial charge in [0.15, 0.2) is 5.78 Å². The van der Waals surface area contributed by atoms with E-state index in [0.29, 0.717) is 5.69 Å². The molecule has 38 heavy (non-hydrogen) atoms. The fourth-order valence-electron chi connectivity index (χ4n) is 6.17. The largest absolute Gasteiger partial charge is 0.308 e. The van der Waals surface area contributed by atoms with Crippen LogP contribution < -0.4 is 0 Å². The minimum Gasteiger partial charge on any atom is -0.308 e. The van der Waals surface area contributed by atoms with Crippen LogP contribution in [0.1, 0.15) is 37.2 Å². The lowest BCUT2D eigenvalue weighted by Gasteiger charge is -2.45. The Morgan fingerprint density at radius 3 is 2.66 bits per heavy atom. The van der Waals surface area contributed by atoms with E-state index in [0.717, 1.165) is 52.3 Å². The average Bonchev–Trinajstić information content (AvgIpc) is 3.37. The lowest BCUT2D eigenvalue weighted by Crippen LogP contribution is -2.46. The first kappa shape index (κ1) is 23.9. The summed E-state index contributed by atoms with van der Waals surface area (Å²) in [4.78, 5) is 29.1. The van der Waals surface area contributed by atoms with Crippen molar-refractivity contribution >= 4 is 5.78 Å². The van der Waals surface area contributed by atoms with Gasteiger partial charge in [0.05, 0.1) is 29.3 Å². The monoisotopic (exact) mass is 504 g/mol. The third-order valence-corrected chi connectivity index (χ3v) is 8.02. The third-order valence-electron chi connectivity index (χ3n) is 8.02. The first-order chi connectivity index (χ1) is 18.4. The summed E-state index contributed by atoms with van der Waals surface area (Å²) in [5, 5.41) is 5.07. The van der Waals surface area contributed by atoms with Gasteiger partial charge in [0.25, 0.3) is 0 Å². The molecule has 0 unspecified atom stereocenters. The molecule has 0 radical (unpaired) electrons. The Labute approximate surface area is 219 Å². The molecule has 2 aliphatic rings. The Morgan fingerprint density at radius 2 is 1.95 bits per heavy atom. The van der Waals surface area contributed by atoms with Gasteiger partial charge in [-0.2, -0.15) is 5.10 Å². The maximum absolute atomic E-state index is 13.2. The number of rotatable bonds is 4. The molecule has 0 aliphatic heterocycles. The molecule has 0 fully saturated rings. The van der Waals surface area contributed by atoms with Crippen LogP contribution in [0.2, 0.25) is 0 Å². The summed E-state index contributed by atoms with van der Waals surface area (Å²) >= 11 is 0. The van der Waals surface area contributed by atoms with Crippen LogP contribution in [0.25, 0.3) is 33.0 Å². The molecule has 0 amide bonds. The van der Waals surface area contributed by atoms with E-state index in [9.17, 15) is 9.18 Å². The van der Waals surface area contributed by atoms with Gasteiger partial charge in [0.1, 0.15) is 18.7 Å². The second-order valence-corrected chi connectivity index (χ2v) is 10.1. The molecule has 4 aromatic rings. The van der Waals surface area contributed by atoms with Gasteiger partial charge in [0, 0.05) is 29.3 Å². The summed E-state index contributed by atoms with van der Waals surface area (Å²) in [6.45, 7) is 11.1. The Bertz CT molecular complexity index is 1620. The molecule has 3 atom stereocenters. The van der Waals surface area contributed by atoms with Gasteiger partial charge < -0.3 is 4.79 Å². The molecule has 188 valence electrons. The summed E-state index contributed by atoms with van der Waals surface area (Å²) in [5.41, 5.74) is 6.30. The number of allylic oxidation sites excluding steroid dienone is 2. The highest BCUT2D eigenvalue weighted by Gasteiger charge is 2.50. The normalized spacial score (nSPS) is 22.3. The summed E-state index contributed by atoms with van der Waals surface area (Å²) in [7, 11) is 0. The lowest BCUT2D eigenvalue weighted by molar-refractivity contribution is -0.121. The predicted molar refractivity (Wildman–Crippen MR) is 141 cm³/mol. The van der Waals surface area contributed by atoms with Crippen LogP contribution >= 0.6 is 0 Å². The molecule has 1 aromatic carbocycles. The SMILES string of the molecule is [C-]#[N+]C1=C[C@@]2(C)c3c(c(-c4ccncn4)nn3-c3ccc(-c4ccnc(CF)c4)cc3)CC[C@@H]2[C@@H](C)C1=O. The van der Waals surface area contributed by atoms with Crippen molar-refractivity contribution in [2.24, 2.45) is 11.8 Å². The lowest BCUT2D eigenvalue weighted by atomic mass is 9.58. The molecule has 0 spiro atoms. The van der Waals surface area contributed by atoms with Gasteiger partial charge in [-0.1, -0.05) is 32.1 Å². The van der Waals surface area contributed by atoms with E-state index in [1.807, 2.05) is 54.1 Å². The zero-order valence-corrected chi connectivity index (χ0v) is 21.1. The Morgan fingerprint density at radius 1 is 1.13 bits per heavy atom. The van der Waals surface area contributed by atoms with Crippen LogP contribution in [0, 0.1) is 18.4 Å². The maximum atomic E-state index is 13.2. The molecular formula is C30H25FN6O. The van der Waals surface area contributed by atoms with Gasteiger partial charge >= 0.3 is 0 Å². The number of pyridine rings is 1. The number of carbonyl (C=O) groups is 1. The van der Waals surface area contributed by atoms with Crippen molar-refractivity contribution in [2.45, 2.75) is 38.8 Å². The summed E-state index contributed by atoms with van der Waals surface area (Å²) < 4.78 is 15.1.